The summed E-state index contributed by atoms with van der Waals surface area (Å²) in [6.45, 7) is 3.57. The highest BCUT2D eigenvalue weighted by atomic mass is 16.2. The van der Waals surface area contributed by atoms with Crippen LogP contribution in [-0.2, 0) is 6.54 Å². The van der Waals surface area contributed by atoms with Gasteiger partial charge in [0.25, 0.3) is 5.91 Å². The van der Waals surface area contributed by atoms with E-state index in [1.165, 1.54) is 12.8 Å². The van der Waals surface area contributed by atoms with Crippen molar-refractivity contribution < 1.29 is 4.79 Å². The first-order valence-corrected chi connectivity index (χ1v) is 8.14. The van der Waals surface area contributed by atoms with E-state index in [0.717, 1.165) is 30.6 Å². The molecule has 0 spiro atoms. The van der Waals surface area contributed by atoms with Crippen molar-refractivity contribution in [2.24, 2.45) is 0 Å². The summed E-state index contributed by atoms with van der Waals surface area (Å²) in [5, 5.41) is 0. The molecule has 0 aromatic carbocycles. The molecular formula is C18H23N3O. The second-order valence-corrected chi connectivity index (χ2v) is 5.97. The second kappa shape index (κ2) is 6.77. The van der Waals surface area contributed by atoms with Crippen molar-refractivity contribution in [2.45, 2.75) is 45.2 Å². The van der Waals surface area contributed by atoms with Crippen LogP contribution < -0.4 is 0 Å². The topological polar surface area (TPSA) is 38.1 Å². The molecule has 0 saturated heterocycles. The Labute approximate surface area is 131 Å². The maximum Gasteiger partial charge on any atom is 0.270 e. The van der Waals surface area contributed by atoms with Crippen LogP contribution in [0.1, 0.15) is 54.7 Å². The lowest BCUT2D eigenvalue weighted by Crippen LogP contribution is -2.33. The first-order valence-electron chi connectivity index (χ1n) is 8.14. The molecule has 3 rings (SSSR count). The van der Waals surface area contributed by atoms with Crippen LogP contribution in [0.4, 0.5) is 0 Å². The largest absolute Gasteiger partial charge is 0.340 e. The fraction of sp³-hybridized carbons (Fsp3) is 0.444. The van der Waals surface area contributed by atoms with Crippen LogP contribution in [0.2, 0.25) is 0 Å². The summed E-state index contributed by atoms with van der Waals surface area (Å²) in [6.07, 6.45) is 10.1. The van der Waals surface area contributed by atoms with Crippen molar-refractivity contribution in [1.82, 2.24) is 14.5 Å². The van der Waals surface area contributed by atoms with E-state index in [1.807, 2.05) is 41.6 Å². The van der Waals surface area contributed by atoms with Gasteiger partial charge in [0.05, 0.1) is 0 Å². The molecule has 1 fully saturated rings. The zero-order valence-corrected chi connectivity index (χ0v) is 13.1. The minimum absolute atomic E-state index is 0.134. The van der Waals surface area contributed by atoms with E-state index in [-0.39, 0.29) is 5.91 Å². The Bertz CT molecular complexity index is 616. The molecule has 2 aromatic rings. The second-order valence-electron chi connectivity index (χ2n) is 5.97. The summed E-state index contributed by atoms with van der Waals surface area (Å²) in [6, 6.07) is 8.40. The van der Waals surface area contributed by atoms with Gasteiger partial charge in [0.1, 0.15) is 5.69 Å². The fourth-order valence-corrected chi connectivity index (χ4v) is 2.72. The van der Waals surface area contributed by atoms with Gasteiger partial charge < -0.3 is 9.47 Å². The van der Waals surface area contributed by atoms with Crippen LogP contribution in [0.15, 0.2) is 42.9 Å². The molecule has 4 nitrogen and oxygen atoms in total. The summed E-state index contributed by atoms with van der Waals surface area (Å²) in [5.74, 6) is 0.134. The zero-order chi connectivity index (χ0) is 15.4. The summed E-state index contributed by atoms with van der Waals surface area (Å²) >= 11 is 0. The molecular weight excluding hydrogens is 274 g/mol. The van der Waals surface area contributed by atoms with Gasteiger partial charge in [-0.3, -0.25) is 9.78 Å². The lowest BCUT2D eigenvalue weighted by Gasteiger charge is -2.23. The van der Waals surface area contributed by atoms with Crippen molar-refractivity contribution in [3.05, 3.63) is 54.1 Å². The molecule has 1 saturated carbocycles. The summed E-state index contributed by atoms with van der Waals surface area (Å²) in [4.78, 5) is 19.1. The molecule has 0 unspecified atom stereocenters. The first kappa shape index (κ1) is 14.8. The van der Waals surface area contributed by atoms with Gasteiger partial charge in [-0.1, -0.05) is 19.4 Å². The predicted octanol–water partition coefficient (Wildman–Crippen LogP) is 3.66. The minimum Gasteiger partial charge on any atom is -0.340 e. The number of unbranched alkanes of at least 4 members (excludes halogenated alkanes) is 1. The lowest BCUT2D eigenvalue weighted by atomic mass is 10.2. The summed E-state index contributed by atoms with van der Waals surface area (Å²) in [7, 11) is 0. The maximum absolute atomic E-state index is 13.0. The van der Waals surface area contributed by atoms with E-state index in [1.54, 1.807) is 6.20 Å². The van der Waals surface area contributed by atoms with Gasteiger partial charge in [0.2, 0.25) is 0 Å². The van der Waals surface area contributed by atoms with Gasteiger partial charge in [-0.05, 0) is 43.0 Å². The number of amides is 1. The molecule has 22 heavy (non-hydrogen) atoms. The van der Waals surface area contributed by atoms with Crippen LogP contribution >= 0.6 is 0 Å². The quantitative estimate of drug-likeness (QED) is 0.782. The number of hydrogen-bond donors (Lipinski definition) is 0. The highest BCUT2D eigenvalue weighted by Gasteiger charge is 2.28. The Balaban J connectivity index is 1.78. The minimum atomic E-state index is 0.134. The lowest BCUT2D eigenvalue weighted by molar-refractivity contribution is 0.0729. The number of pyridine rings is 1. The third-order valence-corrected chi connectivity index (χ3v) is 4.10. The molecule has 0 bridgehead atoms. The molecule has 0 aliphatic heterocycles. The smallest absolute Gasteiger partial charge is 0.270 e. The van der Waals surface area contributed by atoms with Crippen molar-refractivity contribution >= 4 is 5.91 Å². The van der Waals surface area contributed by atoms with Crippen molar-refractivity contribution in [1.29, 1.82) is 0 Å². The molecule has 0 radical (unpaired) electrons. The van der Waals surface area contributed by atoms with Crippen molar-refractivity contribution in [3.63, 3.8) is 0 Å². The monoisotopic (exact) mass is 297 g/mol. The Morgan fingerprint density at radius 3 is 2.91 bits per heavy atom. The van der Waals surface area contributed by atoms with E-state index in [9.17, 15) is 4.79 Å². The molecule has 4 heteroatoms. The molecule has 1 aliphatic carbocycles. The highest BCUT2D eigenvalue weighted by molar-refractivity contribution is 5.92. The van der Waals surface area contributed by atoms with Gasteiger partial charge in [-0.25, -0.2) is 0 Å². The van der Waals surface area contributed by atoms with Gasteiger partial charge >= 0.3 is 0 Å². The van der Waals surface area contributed by atoms with E-state index < -0.39 is 0 Å². The first-order chi connectivity index (χ1) is 10.8. The maximum atomic E-state index is 13.0. The average molecular weight is 297 g/mol. The standard InChI is InChI=1S/C18H23N3O/c1-2-3-11-20(14-15-6-4-10-19-13-15)18(22)17-7-5-12-21(17)16-8-9-16/h4-7,10,12-13,16H,2-3,8-9,11,14H2,1H3. The summed E-state index contributed by atoms with van der Waals surface area (Å²) in [5.41, 5.74) is 1.90. The SMILES string of the molecule is CCCCN(Cc1cccnc1)C(=O)c1cccn1C1CC1. The number of rotatable bonds is 7. The molecule has 1 aliphatic rings. The third-order valence-electron chi connectivity index (χ3n) is 4.10. The molecule has 0 atom stereocenters. The third kappa shape index (κ3) is 3.38. The molecule has 2 heterocycles. The van der Waals surface area contributed by atoms with E-state index >= 15 is 0 Å². The van der Waals surface area contributed by atoms with Crippen LogP contribution in [0.5, 0.6) is 0 Å². The number of aromatic nitrogens is 2. The normalized spacial score (nSPS) is 14.0. The number of nitrogens with zero attached hydrogens (tertiary/aromatic N) is 3. The molecule has 1 amide bonds. The van der Waals surface area contributed by atoms with Gasteiger partial charge in [0.15, 0.2) is 0 Å². The fourth-order valence-electron chi connectivity index (χ4n) is 2.72. The Morgan fingerprint density at radius 2 is 2.23 bits per heavy atom. The predicted molar refractivity (Wildman–Crippen MR) is 86.6 cm³/mol. The molecule has 2 aromatic heterocycles. The Morgan fingerprint density at radius 1 is 1.36 bits per heavy atom. The van der Waals surface area contributed by atoms with Crippen LogP contribution in [0.25, 0.3) is 0 Å². The number of hydrogen-bond acceptors (Lipinski definition) is 2. The van der Waals surface area contributed by atoms with E-state index in [0.29, 0.717) is 12.6 Å². The molecule has 116 valence electrons. The summed E-state index contributed by atoms with van der Waals surface area (Å²) < 4.78 is 2.14. The number of carbonyl (C=O) groups excluding carboxylic acids is 1. The van der Waals surface area contributed by atoms with Crippen molar-refractivity contribution in [2.75, 3.05) is 6.54 Å². The van der Waals surface area contributed by atoms with Crippen LogP contribution in [-0.4, -0.2) is 26.9 Å². The van der Waals surface area contributed by atoms with Crippen LogP contribution in [0, 0.1) is 0 Å². The number of carbonyl (C=O) groups is 1. The Hall–Kier alpha value is -2.10. The van der Waals surface area contributed by atoms with E-state index in [2.05, 4.69) is 16.5 Å². The van der Waals surface area contributed by atoms with Crippen LogP contribution in [0.3, 0.4) is 0 Å². The molecule has 0 N–H and O–H groups in total. The van der Waals surface area contributed by atoms with E-state index in [4.69, 9.17) is 0 Å². The van der Waals surface area contributed by atoms with Gasteiger partial charge in [-0.15, -0.1) is 0 Å². The Kier molecular flexibility index (Phi) is 4.56. The zero-order valence-electron chi connectivity index (χ0n) is 13.1. The van der Waals surface area contributed by atoms with Gasteiger partial charge in [0, 0.05) is 37.7 Å². The van der Waals surface area contributed by atoms with Gasteiger partial charge in [-0.2, -0.15) is 0 Å². The van der Waals surface area contributed by atoms with Crippen molar-refractivity contribution in [3.8, 4) is 0 Å². The highest BCUT2D eigenvalue weighted by Crippen LogP contribution is 2.36. The average Bonchev–Trinajstić information content (AvgIpc) is 3.28.